The Hall–Kier alpha value is -1.75. The van der Waals surface area contributed by atoms with Crippen LogP contribution in [0.25, 0.3) is 0 Å². The molecule has 0 aromatic heterocycles. The number of hydrogen-bond acceptors (Lipinski definition) is 3. The quantitative estimate of drug-likeness (QED) is 0.821. The minimum absolute atomic E-state index is 0.0249. The van der Waals surface area contributed by atoms with Gasteiger partial charge < -0.3 is 15.0 Å². The van der Waals surface area contributed by atoms with E-state index in [0.29, 0.717) is 30.4 Å². The molecule has 1 saturated heterocycles. The van der Waals surface area contributed by atoms with Crippen LogP contribution in [0, 0.1) is 12.8 Å². The molecule has 5 nitrogen and oxygen atoms in total. The fourth-order valence-corrected chi connectivity index (χ4v) is 3.39. The molecule has 1 aromatic carbocycles. The zero-order valence-electron chi connectivity index (χ0n) is 16.1. The van der Waals surface area contributed by atoms with Gasteiger partial charge >= 0.3 is 0 Å². The lowest BCUT2D eigenvalue weighted by Crippen LogP contribution is -2.46. The number of likely N-dealkylation sites (tertiary alicyclic amines) is 1. The second kappa shape index (κ2) is 9.26. The maximum absolute atomic E-state index is 12.6. The third kappa shape index (κ3) is 5.13. The van der Waals surface area contributed by atoms with Gasteiger partial charge in [-0.3, -0.25) is 9.59 Å². The Morgan fingerprint density at radius 1 is 1.38 bits per heavy atom. The summed E-state index contributed by atoms with van der Waals surface area (Å²) in [4.78, 5) is 26.4. The standard InChI is InChI=1S/C20H29ClN2O3/c1-5-22-20(25)15-7-6-8-23(11-15)19(24)12-26-18-9-14(4)17(21)10-16(18)13(2)3/h9-10,13,15H,5-8,11-12H2,1-4H3,(H,22,25). The van der Waals surface area contributed by atoms with Crippen LogP contribution >= 0.6 is 11.6 Å². The average Bonchev–Trinajstić information content (AvgIpc) is 2.62. The van der Waals surface area contributed by atoms with Crippen molar-refractivity contribution in [2.45, 2.75) is 46.5 Å². The smallest absolute Gasteiger partial charge is 0.260 e. The van der Waals surface area contributed by atoms with Gasteiger partial charge in [-0.25, -0.2) is 0 Å². The van der Waals surface area contributed by atoms with Crippen LogP contribution in [0.1, 0.15) is 50.7 Å². The number of halogens is 1. The summed E-state index contributed by atoms with van der Waals surface area (Å²) in [6, 6.07) is 3.80. The first-order valence-corrected chi connectivity index (χ1v) is 9.69. The fourth-order valence-electron chi connectivity index (χ4n) is 3.21. The van der Waals surface area contributed by atoms with Crippen molar-refractivity contribution in [3.63, 3.8) is 0 Å². The summed E-state index contributed by atoms with van der Waals surface area (Å²) in [5.41, 5.74) is 1.92. The van der Waals surface area contributed by atoms with Crippen LogP contribution in [0.15, 0.2) is 12.1 Å². The van der Waals surface area contributed by atoms with E-state index in [2.05, 4.69) is 19.2 Å². The third-order valence-corrected chi connectivity index (χ3v) is 5.17. The Bertz CT molecular complexity index is 661. The molecule has 0 spiro atoms. The number of carbonyl (C=O) groups excluding carboxylic acids is 2. The highest BCUT2D eigenvalue weighted by molar-refractivity contribution is 6.31. The monoisotopic (exact) mass is 380 g/mol. The van der Waals surface area contributed by atoms with Crippen molar-refractivity contribution in [3.05, 3.63) is 28.3 Å². The maximum Gasteiger partial charge on any atom is 0.260 e. The van der Waals surface area contributed by atoms with Crippen molar-refractivity contribution in [3.8, 4) is 5.75 Å². The topological polar surface area (TPSA) is 58.6 Å². The number of nitrogens with zero attached hydrogens (tertiary/aromatic N) is 1. The zero-order chi connectivity index (χ0) is 19.3. The lowest BCUT2D eigenvalue weighted by molar-refractivity contribution is -0.137. The lowest BCUT2D eigenvalue weighted by Gasteiger charge is -2.32. The SMILES string of the molecule is CCNC(=O)C1CCCN(C(=O)COc2cc(C)c(Cl)cc2C(C)C)C1. The summed E-state index contributed by atoms with van der Waals surface area (Å²) in [5.74, 6) is 0.766. The number of ether oxygens (including phenoxy) is 1. The van der Waals surface area contributed by atoms with Gasteiger partial charge in [0, 0.05) is 24.7 Å². The van der Waals surface area contributed by atoms with Crippen molar-refractivity contribution in [2.75, 3.05) is 26.2 Å². The molecule has 1 N–H and O–H groups in total. The van der Waals surface area contributed by atoms with Gasteiger partial charge in [-0.05, 0) is 55.9 Å². The second-order valence-corrected chi connectivity index (χ2v) is 7.56. The molecule has 1 aliphatic rings. The molecule has 1 aromatic rings. The highest BCUT2D eigenvalue weighted by Crippen LogP contribution is 2.32. The first-order valence-electron chi connectivity index (χ1n) is 9.31. The van der Waals surface area contributed by atoms with E-state index in [1.165, 1.54) is 0 Å². The van der Waals surface area contributed by atoms with Gasteiger partial charge in [0.1, 0.15) is 5.75 Å². The van der Waals surface area contributed by atoms with Crippen molar-refractivity contribution in [2.24, 2.45) is 5.92 Å². The summed E-state index contributed by atoms with van der Waals surface area (Å²) in [6.07, 6.45) is 1.66. The van der Waals surface area contributed by atoms with Crippen LogP contribution in [0.2, 0.25) is 5.02 Å². The van der Waals surface area contributed by atoms with E-state index in [4.69, 9.17) is 16.3 Å². The number of amides is 2. The van der Waals surface area contributed by atoms with Crippen LogP contribution in [0.4, 0.5) is 0 Å². The van der Waals surface area contributed by atoms with Gasteiger partial charge in [0.25, 0.3) is 5.91 Å². The molecule has 2 rings (SSSR count). The van der Waals surface area contributed by atoms with E-state index in [-0.39, 0.29) is 30.3 Å². The van der Waals surface area contributed by atoms with E-state index < -0.39 is 0 Å². The number of piperidine rings is 1. The van der Waals surface area contributed by atoms with E-state index in [0.717, 1.165) is 24.0 Å². The number of nitrogens with one attached hydrogen (secondary N) is 1. The number of benzene rings is 1. The van der Waals surface area contributed by atoms with Crippen LogP contribution < -0.4 is 10.1 Å². The molecule has 1 aliphatic heterocycles. The van der Waals surface area contributed by atoms with Crippen molar-refractivity contribution < 1.29 is 14.3 Å². The Balaban J connectivity index is 2.00. The molecule has 0 radical (unpaired) electrons. The molecule has 0 bridgehead atoms. The predicted molar refractivity (Wildman–Crippen MR) is 104 cm³/mol. The molecule has 26 heavy (non-hydrogen) atoms. The lowest BCUT2D eigenvalue weighted by atomic mass is 9.97. The maximum atomic E-state index is 12.6. The summed E-state index contributed by atoms with van der Waals surface area (Å²) in [6.45, 7) is 9.68. The summed E-state index contributed by atoms with van der Waals surface area (Å²) in [7, 11) is 0. The van der Waals surface area contributed by atoms with E-state index in [1.54, 1.807) is 4.90 Å². The van der Waals surface area contributed by atoms with Crippen molar-refractivity contribution >= 4 is 23.4 Å². The number of rotatable bonds is 6. The fraction of sp³-hybridized carbons (Fsp3) is 0.600. The van der Waals surface area contributed by atoms with Gasteiger partial charge in [0.15, 0.2) is 6.61 Å². The molecule has 0 aliphatic carbocycles. The minimum Gasteiger partial charge on any atom is -0.483 e. The zero-order valence-corrected chi connectivity index (χ0v) is 16.9. The van der Waals surface area contributed by atoms with Gasteiger partial charge in [-0.2, -0.15) is 0 Å². The first kappa shape index (κ1) is 20.6. The molecule has 6 heteroatoms. The average molecular weight is 381 g/mol. The van der Waals surface area contributed by atoms with Crippen LogP contribution in [-0.2, 0) is 9.59 Å². The van der Waals surface area contributed by atoms with Crippen LogP contribution in [0.3, 0.4) is 0 Å². The van der Waals surface area contributed by atoms with Gasteiger partial charge in [0.05, 0.1) is 5.92 Å². The summed E-state index contributed by atoms with van der Waals surface area (Å²) < 4.78 is 5.84. The number of aryl methyl sites for hydroxylation is 1. The molecule has 1 unspecified atom stereocenters. The minimum atomic E-state index is -0.128. The molecule has 1 fully saturated rings. The molecule has 1 atom stereocenters. The summed E-state index contributed by atoms with van der Waals surface area (Å²) >= 11 is 6.22. The molecule has 144 valence electrons. The Morgan fingerprint density at radius 2 is 2.12 bits per heavy atom. The Morgan fingerprint density at radius 3 is 2.77 bits per heavy atom. The van der Waals surface area contributed by atoms with Gasteiger partial charge in [0.2, 0.25) is 5.91 Å². The summed E-state index contributed by atoms with van der Waals surface area (Å²) in [5, 5.41) is 3.55. The molecule has 1 heterocycles. The highest BCUT2D eigenvalue weighted by atomic mass is 35.5. The van der Waals surface area contributed by atoms with Gasteiger partial charge in [-0.1, -0.05) is 25.4 Å². The number of carbonyl (C=O) groups is 2. The third-order valence-electron chi connectivity index (χ3n) is 4.76. The normalized spacial score (nSPS) is 17.3. The van der Waals surface area contributed by atoms with Crippen molar-refractivity contribution in [1.29, 1.82) is 0 Å². The van der Waals surface area contributed by atoms with E-state index >= 15 is 0 Å². The Kier molecular flexibility index (Phi) is 7.33. The molecular formula is C20H29ClN2O3. The second-order valence-electron chi connectivity index (χ2n) is 7.16. The van der Waals surface area contributed by atoms with Crippen LogP contribution in [-0.4, -0.2) is 43.0 Å². The molecule has 2 amide bonds. The van der Waals surface area contributed by atoms with E-state index in [9.17, 15) is 9.59 Å². The van der Waals surface area contributed by atoms with Crippen molar-refractivity contribution in [1.82, 2.24) is 10.2 Å². The van der Waals surface area contributed by atoms with Gasteiger partial charge in [-0.15, -0.1) is 0 Å². The number of hydrogen-bond donors (Lipinski definition) is 1. The molecular weight excluding hydrogens is 352 g/mol. The van der Waals surface area contributed by atoms with E-state index in [1.807, 2.05) is 26.0 Å². The predicted octanol–water partition coefficient (Wildman–Crippen LogP) is 3.53. The first-order chi connectivity index (χ1) is 12.3. The Labute approximate surface area is 161 Å². The highest BCUT2D eigenvalue weighted by Gasteiger charge is 2.28. The van der Waals surface area contributed by atoms with Crippen LogP contribution in [0.5, 0.6) is 5.75 Å². The molecule has 0 saturated carbocycles. The largest absolute Gasteiger partial charge is 0.483 e.